The van der Waals surface area contributed by atoms with E-state index < -0.39 is 4.92 Å². The van der Waals surface area contributed by atoms with Gasteiger partial charge in [-0.3, -0.25) is 10.1 Å². The maximum absolute atomic E-state index is 11.3. The quantitative estimate of drug-likeness (QED) is 0.586. The van der Waals surface area contributed by atoms with Crippen LogP contribution >= 0.6 is 11.6 Å². The van der Waals surface area contributed by atoms with E-state index in [4.69, 9.17) is 11.6 Å². The Morgan fingerprint density at radius 2 is 2.15 bits per heavy atom. The van der Waals surface area contributed by atoms with E-state index in [0.29, 0.717) is 11.0 Å². The van der Waals surface area contributed by atoms with Crippen LogP contribution in [0.25, 0.3) is 0 Å². The Balaban J connectivity index is 1.79. The summed E-state index contributed by atoms with van der Waals surface area (Å²) in [7, 11) is 0. The van der Waals surface area contributed by atoms with Crippen molar-refractivity contribution in [1.82, 2.24) is 14.9 Å². The van der Waals surface area contributed by atoms with Crippen LogP contribution in [-0.2, 0) is 0 Å². The molecule has 1 unspecified atom stereocenters. The average Bonchev–Trinajstić information content (AvgIpc) is 2.64. The second-order valence-electron chi connectivity index (χ2n) is 6.19. The molecule has 0 aliphatic carbocycles. The first-order valence-corrected chi connectivity index (χ1v) is 8.96. The van der Waals surface area contributed by atoms with Crippen LogP contribution in [0.2, 0.25) is 5.02 Å². The van der Waals surface area contributed by atoms with E-state index in [1.165, 1.54) is 6.20 Å². The van der Waals surface area contributed by atoms with Crippen molar-refractivity contribution in [2.75, 3.05) is 30.3 Å². The van der Waals surface area contributed by atoms with Crippen molar-refractivity contribution in [3.05, 3.63) is 45.6 Å². The van der Waals surface area contributed by atoms with Crippen molar-refractivity contribution in [2.24, 2.45) is 0 Å². The number of anilines is 3. The third kappa shape index (κ3) is 4.59. The molecule has 1 fully saturated rings. The summed E-state index contributed by atoms with van der Waals surface area (Å²) in [5.74, 6) is 0.535. The molecule has 3 rings (SSSR count). The zero-order chi connectivity index (χ0) is 18.5. The van der Waals surface area contributed by atoms with Gasteiger partial charge in [-0.1, -0.05) is 18.5 Å². The lowest BCUT2D eigenvalue weighted by Crippen LogP contribution is -2.42. The predicted octanol–water partition coefficient (Wildman–Crippen LogP) is 3.68. The summed E-state index contributed by atoms with van der Waals surface area (Å²) in [4.78, 5) is 21.6. The third-order valence-electron chi connectivity index (χ3n) is 4.36. The van der Waals surface area contributed by atoms with Gasteiger partial charge in [-0.15, -0.1) is 0 Å². The highest BCUT2D eigenvalue weighted by atomic mass is 35.5. The lowest BCUT2D eigenvalue weighted by Gasteiger charge is -2.32. The lowest BCUT2D eigenvalue weighted by molar-refractivity contribution is -0.384. The molecule has 1 atom stereocenters. The molecule has 138 valence electrons. The van der Waals surface area contributed by atoms with Gasteiger partial charge in [-0.05, 0) is 50.2 Å². The summed E-state index contributed by atoms with van der Waals surface area (Å²) in [6.45, 7) is 4.98. The van der Waals surface area contributed by atoms with E-state index in [2.05, 4.69) is 32.4 Å². The molecule has 1 aromatic heterocycles. The largest absolute Gasteiger partial charge is 0.360 e. The summed E-state index contributed by atoms with van der Waals surface area (Å²) >= 11 is 5.88. The van der Waals surface area contributed by atoms with Crippen molar-refractivity contribution in [3.8, 4) is 0 Å². The molecule has 1 aliphatic rings. The average molecular weight is 377 g/mol. The first kappa shape index (κ1) is 18.3. The van der Waals surface area contributed by atoms with Gasteiger partial charge >= 0.3 is 5.69 Å². The SMILES string of the molecule is CCN1CCCC(Nc2nc(Nc3ccc(Cl)cc3)ncc2[N+](=O)[O-])C1. The van der Waals surface area contributed by atoms with Crippen molar-refractivity contribution < 1.29 is 4.92 Å². The Labute approximate surface area is 156 Å². The first-order valence-electron chi connectivity index (χ1n) is 8.58. The maximum Gasteiger partial charge on any atom is 0.329 e. The molecule has 8 nitrogen and oxygen atoms in total. The first-order chi connectivity index (χ1) is 12.5. The van der Waals surface area contributed by atoms with Gasteiger partial charge in [0.15, 0.2) is 0 Å². The van der Waals surface area contributed by atoms with E-state index in [1.807, 2.05) is 0 Å². The number of nitrogens with one attached hydrogen (secondary N) is 2. The second kappa shape index (κ2) is 8.29. The Kier molecular flexibility index (Phi) is 5.85. The maximum atomic E-state index is 11.3. The van der Waals surface area contributed by atoms with Crippen LogP contribution in [-0.4, -0.2) is 45.5 Å². The normalized spacial score (nSPS) is 17.7. The van der Waals surface area contributed by atoms with Crippen LogP contribution in [0.5, 0.6) is 0 Å². The van der Waals surface area contributed by atoms with Crippen molar-refractivity contribution in [2.45, 2.75) is 25.8 Å². The fraction of sp³-hybridized carbons (Fsp3) is 0.412. The number of likely N-dealkylation sites (tertiary alicyclic amines) is 1. The minimum atomic E-state index is -0.463. The zero-order valence-electron chi connectivity index (χ0n) is 14.5. The van der Waals surface area contributed by atoms with E-state index >= 15 is 0 Å². The number of hydrogen-bond donors (Lipinski definition) is 2. The minimum Gasteiger partial charge on any atom is -0.360 e. The van der Waals surface area contributed by atoms with Gasteiger partial charge in [0.25, 0.3) is 0 Å². The van der Waals surface area contributed by atoms with Crippen LogP contribution in [0.4, 0.5) is 23.1 Å². The molecule has 1 aromatic carbocycles. The highest BCUT2D eigenvalue weighted by molar-refractivity contribution is 6.30. The standard InChI is InChI=1S/C17H21ClN6O2/c1-2-23-9-3-4-14(11-23)20-16-15(24(25)26)10-19-17(22-16)21-13-7-5-12(18)6-8-13/h5-8,10,14H,2-4,9,11H2,1H3,(H2,19,20,21,22). The fourth-order valence-electron chi connectivity index (χ4n) is 2.99. The molecular weight excluding hydrogens is 356 g/mol. The van der Waals surface area contributed by atoms with E-state index in [9.17, 15) is 10.1 Å². The molecule has 2 aromatic rings. The molecule has 0 saturated carbocycles. The Hall–Kier alpha value is -2.45. The molecule has 0 bridgehead atoms. The number of rotatable bonds is 6. The molecule has 2 N–H and O–H groups in total. The van der Waals surface area contributed by atoms with Crippen molar-refractivity contribution >= 4 is 34.7 Å². The number of nitrogens with zero attached hydrogens (tertiary/aromatic N) is 4. The molecule has 1 saturated heterocycles. The molecule has 0 spiro atoms. The Bertz CT molecular complexity index is 770. The number of piperidine rings is 1. The molecule has 26 heavy (non-hydrogen) atoms. The van der Waals surface area contributed by atoms with Crippen LogP contribution < -0.4 is 10.6 Å². The highest BCUT2D eigenvalue weighted by Crippen LogP contribution is 2.26. The van der Waals surface area contributed by atoms with Crippen LogP contribution in [0.1, 0.15) is 19.8 Å². The molecule has 1 aliphatic heterocycles. The van der Waals surface area contributed by atoms with Crippen molar-refractivity contribution in [3.63, 3.8) is 0 Å². The highest BCUT2D eigenvalue weighted by Gasteiger charge is 2.24. The minimum absolute atomic E-state index is 0.125. The topological polar surface area (TPSA) is 96.2 Å². The van der Waals surface area contributed by atoms with Gasteiger partial charge in [0.05, 0.1) is 4.92 Å². The predicted molar refractivity (Wildman–Crippen MR) is 102 cm³/mol. The number of likely N-dealkylation sites (N-methyl/N-ethyl adjacent to an activating group) is 1. The molecular formula is C17H21ClN6O2. The number of nitro groups is 1. The van der Waals surface area contributed by atoms with Crippen molar-refractivity contribution in [1.29, 1.82) is 0 Å². The van der Waals surface area contributed by atoms with Crippen LogP contribution in [0.15, 0.2) is 30.5 Å². The Morgan fingerprint density at radius 1 is 1.38 bits per heavy atom. The van der Waals surface area contributed by atoms with E-state index in [0.717, 1.165) is 38.2 Å². The van der Waals surface area contributed by atoms with Gasteiger partial charge < -0.3 is 15.5 Å². The van der Waals surface area contributed by atoms with E-state index in [1.54, 1.807) is 24.3 Å². The third-order valence-corrected chi connectivity index (χ3v) is 4.61. The molecule has 0 radical (unpaired) electrons. The van der Waals surface area contributed by atoms with Gasteiger partial charge in [0.2, 0.25) is 11.8 Å². The molecule has 9 heteroatoms. The summed E-state index contributed by atoms with van der Waals surface area (Å²) in [5, 5.41) is 18.2. The summed E-state index contributed by atoms with van der Waals surface area (Å²) in [6.07, 6.45) is 3.24. The zero-order valence-corrected chi connectivity index (χ0v) is 15.2. The Morgan fingerprint density at radius 3 is 2.85 bits per heavy atom. The summed E-state index contributed by atoms with van der Waals surface area (Å²) in [5.41, 5.74) is 0.629. The number of hydrogen-bond acceptors (Lipinski definition) is 7. The lowest BCUT2D eigenvalue weighted by atomic mass is 10.1. The van der Waals surface area contributed by atoms with Gasteiger partial charge in [-0.2, -0.15) is 4.98 Å². The number of aromatic nitrogens is 2. The smallest absolute Gasteiger partial charge is 0.329 e. The summed E-state index contributed by atoms with van der Waals surface area (Å²) in [6, 6.07) is 7.20. The van der Waals surface area contributed by atoms with Crippen LogP contribution in [0, 0.1) is 10.1 Å². The van der Waals surface area contributed by atoms with E-state index in [-0.39, 0.29) is 17.5 Å². The van der Waals surface area contributed by atoms with Crippen LogP contribution in [0.3, 0.4) is 0 Å². The van der Waals surface area contributed by atoms with Gasteiger partial charge in [0.1, 0.15) is 6.20 Å². The molecule has 2 heterocycles. The van der Waals surface area contributed by atoms with Gasteiger partial charge in [-0.25, -0.2) is 4.98 Å². The fourth-order valence-corrected chi connectivity index (χ4v) is 3.12. The second-order valence-corrected chi connectivity index (χ2v) is 6.63. The van der Waals surface area contributed by atoms with Gasteiger partial charge in [0, 0.05) is 23.3 Å². The monoisotopic (exact) mass is 376 g/mol. The summed E-state index contributed by atoms with van der Waals surface area (Å²) < 4.78 is 0. The number of benzene rings is 1. The number of halogens is 1. The molecule has 0 amide bonds.